The van der Waals surface area contributed by atoms with Crippen molar-refractivity contribution < 1.29 is 0 Å². The van der Waals surface area contributed by atoms with Gasteiger partial charge in [0, 0.05) is 18.0 Å². The molecule has 0 aromatic heterocycles. The molecule has 2 heteroatoms. The van der Waals surface area contributed by atoms with Gasteiger partial charge < -0.3 is 0 Å². The van der Waals surface area contributed by atoms with Crippen LogP contribution in [-0.4, -0.2) is 29.4 Å². The molecule has 1 rings (SSSR count). The highest BCUT2D eigenvalue weighted by atomic mass is 35.5. The number of alkyl halides is 1. The van der Waals surface area contributed by atoms with Crippen LogP contribution in [-0.2, 0) is 0 Å². The third kappa shape index (κ3) is 4.74. The molecular weight excluding hydrogens is 206 g/mol. The highest BCUT2D eigenvalue weighted by Gasteiger charge is 2.23. The van der Waals surface area contributed by atoms with E-state index < -0.39 is 0 Å². The molecule has 1 fully saturated rings. The van der Waals surface area contributed by atoms with Crippen molar-refractivity contribution in [2.24, 2.45) is 0 Å². The van der Waals surface area contributed by atoms with E-state index in [9.17, 15) is 0 Å². The van der Waals surface area contributed by atoms with Crippen molar-refractivity contribution in [3.63, 3.8) is 0 Å². The summed E-state index contributed by atoms with van der Waals surface area (Å²) in [7, 11) is 0. The van der Waals surface area contributed by atoms with Crippen molar-refractivity contribution >= 4 is 11.6 Å². The van der Waals surface area contributed by atoms with Crippen LogP contribution in [0.1, 0.15) is 58.8 Å². The molecule has 0 bridgehead atoms. The Hall–Kier alpha value is 0.250. The minimum absolute atomic E-state index is 0.807. The molecule has 1 aliphatic rings. The van der Waals surface area contributed by atoms with Gasteiger partial charge in [-0.15, -0.1) is 11.6 Å². The second-order valence-corrected chi connectivity index (χ2v) is 5.35. The molecule has 15 heavy (non-hydrogen) atoms. The van der Waals surface area contributed by atoms with Crippen LogP contribution in [0.15, 0.2) is 0 Å². The number of hydrogen-bond acceptors (Lipinski definition) is 1. The van der Waals surface area contributed by atoms with Crippen molar-refractivity contribution in [2.75, 3.05) is 12.4 Å². The summed E-state index contributed by atoms with van der Waals surface area (Å²) in [5.41, 5.74) is 0. The lowest BCUT2D eigenvalue weighted by atomic mass is 9.97. The minimum atomic E-state index is 0.807. The molecule has 0 spiro atoms. The normalized spacial score (nSPS) is 28.2. The zero-order valence-electron chi connectivity index (χ0n) is 10.3. The summed E-state index contributed by atoms with van der Waals surface area (Å²) in [6, 6.07) is 1.61. The molecule has 0 aromatic rings. The zero-order valence-corrected chi connectivity index (χ0v) is 11.1. The monoisotopic (exact) mass is 231 g/mol. The van der Waals surface area contributed by atoms with Crippen LogP contribution >= 0.6 is 11.6 Å². The Morgan fingerprint density at radius 2 is 1.60 bits per heavy atom. The van der Waals surface area contributed by atoms with Gasteiger partial charge in [-0.1, -0.05) is 19.3 Å². The Kier molecular flexibility index (Phi) is 6.67. The number of likely N-dealkylation sites (tertiary alicyclic amines) is 1. The summed E-state index contributed by atoms with van der Waals surface area (Å²) in [6.45, 7) is 6.06. The maximum atomic E-state index is 5.67. The number of nitrogens with zero attached hydrogens (tertiary/aromatic N) is 1. The van der Waals surface area contributed by atoms with Crippen LogP contribution in [0.5, 0.6) is 0 Å². The standard InChI is InChI=1S/C13H26ClN/c1-12-8-7-9-13(2)15(12)11-6-4-3-5-10-14/h12-13H,3-11H2,1-2H3/t12-,13+. The SMILES string of the molecule is C[C@@H]1CCC[C@H](C)N1CCCCCCCl. The molecule has 0 radical (unpaired) electrons. The fourth-order valence-corrected chi connectivity index (χ4v) is 2.85. The van der Waals surface area contributed by atoms with Crippen molar-refractivity contribution in [3.8, 4) is 0 Å². The summed E-state index contributed by atoms with van der Waals surface area (Å²) in [6.07, 6.45) is 9.41. The maximum Gasteiger partial charge on any atom is 0.0223 e. The van der Waals surface area contributed by atoms with Crippen LogP contribution in [0.25, 0.3) is 0 Å². The summed E-state index contributed by atoms with van der Waals surface area (Å²) in [5, 5.41) is 0. The summed E-state index contributed by atoms with van der Waals surface area (Å²) in [4.78, 5) is 2.70. The Balaban J connectivity index is 2.12. The first kappa shape index (κ1) is 13.3. The van der Waals surface area contributed by atoms with Gasteiger partial charge in [-0.25, -0.2) is 0 Å². The fourth-order valence-electron chi connectivity index (χ4n) is 2.66. The van der Waals surface area contributed by atoms with Gasteiger partial charge in [-0.05, 0) is 46.1 Å². The highest BCUT2D eigenvalue weighted by molar-refractivity contribution is 6.17. The molecule has 0 saturated carbocycles. The molecule has 0 N–H and O–H groups in total. The average Bonchev–Trinajstić information content (AvgIpc) is 2.21. The summed E-state index contributed by atoms with van der Waals surface area (Å²) in [5.74, 6) is 0.830. The van der Waals surface area contributed by atoms with E-state index in [1.54, 1.807) is 0 Å². The molecule has 2 atom stereocenters. The van der Waals surface area contributed by atoms with Gasteiger partial charge in [0.15, 0.2) is 0 Å². The van der Waals surface area contributed by atoms with Gasteiger partial charge in [0.25, 0.3) is 0 Å². The Bertz CT molecular complexity index is 151. The molecule has 0 aromatic carbocycles. The van der Waals surface area contributed by atoms with Crippen molar-refractivity contribution in [1.29, 1.82) is 0 Å². The molecule has 0 amide bonds. The topological polar surface area (TPSA) is 3.24 Å². The Morgan fingerprint density at radius 1 is 1.00 bits per heavy atom. The van der Waals surface area contributed by atoms with Crippen LogP contribution in [0.3, 0.4) is 0 Å². The van der Waals surface area contributed by atoms with Gasteiger partial charge >= 0.3 is 0 Å². The largest absolute Gasteiger partial charge is 0.298 e. The third-order valence-corrected chi connectivity index (χ3v) is 3.94. The van der Waals surface area contributed by atoms with E-state index in [4.69, 9.17) is 11.6 Å². The van der Waals surface area contributed by atoms with Crippen LogP contribution < -0.4 is 0 Å². The number of piperidine rings is 1. The maximum absolute atomic E-state index is 5.67. The number of halogens is 1. The summed E-state index contributed by atoms with van der Waals surface area (Å²) >= 11 is 5.67. The van der Waals surface area contributed by atoms with Crippen LogP contribution in [0, 0.1) is 0 Å². The van der Waals surface area contributed by atoms with Crippen LogP contribution in [0.2, 0.25) is 0 Å². The lowest BCUT2D eigenvalue weighted by molar-refractivity contribution is 0.101. The minimum Gasteiger partial charge on any atom is -0.298 e. The van der Waals surface area contributed by atoms with Crippen molar-refractivity contribution in [1.82, 2.24) is 4.90 Å². The second-order valence-electron chi connectivity index (χ2n) is 4.97. The molecule has 1 aliphatic heterocycles. The predicted molar refractivity (Wildman–Crippen MR) is 68.7 cm³/mol. The third-order valence-electron chi connectivity index (χ3n) is 3.68. The van der Waals surface area contributed by atoms with Gasteiger partial charge in [0.1, 0.15) is 0 Å². The molecule has 1 nitrogen and oxygen atoms in total. The Morgan fingerprint density at radius 3 is 2.20 bits per heavy atom. The molecule has 1 saturated heterocycles. The molecule has 90 valence electrons. The van der Waals surface area contributed by atoms with Gasteiger partial charge in [-0.3, -0.25) is 4.90 Å². The number of hydrogen-bond donors (Lipinski definition) is 0. The highest BCUT2D eigenvalue weighted by Crippen LogP contribution is 2.22. The lowest BCUT2D eigenvalue weighted by Crippen LogP contribution is -2.44. The average molecular weight is 232 g/mol. The van der Waals surface area contributed by atoms with Gasteiger partial charge in [0.05, 0.1) is 0 Å². The van der Waals surface area contributed by atoms with E-state index in [1.165, 1.54) is 51.5 Å². The van der Waals surface area contributed by atoms with E-state index in [2.05, 4.69) is 18.7 Å². The van der Waals surface area contributed by atoms with Gasteiger partial charge in [0.2, 0.25) is 0 Å². The van der Waals surface area contributed by atoms with E-state index in [0.29, 0.717) is 0 Å². The smallest absolute Gasteiger partial charge is 0.0223 e. The van der Waals surface area contributed by atoms with E-state index in [-0.39, 0.29) is 0 Å². The molecule has 0 aliphatic carbocycles. The zero-order chi connectivity index (χ0) is 11.1. The predicted octanol–water partition coefficient (Wildman–Crippen LogP) is 4.05. The quantitative estimate of drug-likeness (QED) is 0.493. The van der Waals surface area contributed by atoms with Crippen LogP contribution in [0.4, 0.5) is 0 Å². The number of unbranched alkanes of at least 4 members (excludes halogenated alkanes) is 3. The molecule has 1 heterocycles. The first-order valence-electron chi connectivity index (χ1n) is 6.57. The molecule has 0 unspecified atom stereocenters. The first-order chi connectivity index (χ1) is 7.25. The van der Waals surface area contributed by atoms with Gasteiger partial charge in [-0.2, -0.15) is 0 Å². The summed E-state index contributed by atoms with van der Waals surface area (Å²) < 4.78 is 0. The number of rotatable bonds is 6. The van der Waals surface area contributed by atoms with E-state index >= 15 is 0 Å². The fraction of sp³-hybridized carbons (Fsp3) is 1.00. The second kappa shape index (κ2) is 7.51. The van der Waals surface area contributed by atoms with E-state index in [0.717, 1.165) is 18.0 Å². The molecular formula is C13H26ClN. The first-order valence-corrected chi connectivity index (χ1v) is 7.11. The Labute approximate surface area is 100 Å². The van der Waals surface area contributed by atoms with E-state index in [1.807, 2.05) is 0 Å². The van der Waals surface area contributed by atoms with Crippen molar-refractivity contribution in [3.05, 3.63) is 0 Å². The van der Waals surface area contributed by atoms with Crippen molar-refractivity contribution in [2.45, 2.75) is 70.9 Å². The lowest BCUT2D eigenvalue weighted by Gasteiger charge is -2.39.